The van der Waals surface area contributed by atoms with Crippen molar-refractivity contribution in [2.45, 2.75) is 32.1 Å². The van der Waals surface area contributed by atoms with Crippen LogP contribution in [0.2, 0.25) is 0 Å². The van der Waals surface area contributed by atoms with Crippen LogP contribution in [0, 0.1) is 5.92 Å². The molecule has 1 fully saturated rings. The summed E-state index contributed by atoms with van der Waals surface area (Å²) in [5.41, 5.74) is 6.82. The third kappa shape index (κ3) is 6.92. The summed E-state index contributed by atoms with van der Waals surface area (Å²) in [6.45, 7) is 2.21. The van der Waals surface area contributed by atoms with Gasteiger partial charge in [0.15, 0.2) is 5.78 Å². The molecule has 0 saturated carbocycles. The Bertz CT molecular complexity index is 1390. The normalized spacial score (nSPS) is 15.3. The monoisotopic (exact) mass is 521 g/mol. The van der Waals surface area contributed by atoms with Gasteiger partial charge in [-0.25, -0.2) is 9.97 Å². The summed E-state index contributed by atoms with van der Waals surface area (Å²) in [4.78, 5) is 42.8. The Kier molecular flexibility index (Phi) is 8.37. The molecular formula is C32H35N5O2. The van der Waals surface area contributed by atoms with Gasteiger partial charge in [-0.15, -0.1) is 0 Å². The van der Waals surface area contributed by atoms with Crippen molar-refractivity contribution in [1.82, 2.24) is 24.8 Å². The zero-order chi connectivity index (χ0) is 27.2. The second-order valence-electron chi connectivity index (χ2n) is 10.7. The number of aromatic nitrogens is 3. The Morgan fingerprint density at radius 2 is 1.85 bits per heavy atom. The zero-order valence-corrected chi connectivity index (χ0v) is 22.7. The lowest BCUT2D eigenvalue weighted by Gasteiger charge is -2.32. The smallest absolute Gasteiger partial charge is 0.253 e. The van der Waals surface area contributed by atoms with Crippen LogP contribution in [0.5, 0.6) is 0 Å². The third-order valence-corrected chi connectivity index (χ3v) is 7.38. The number of carbonyl (C=O) groups excluding carboxylic acids is 2. The van der Waals surface area contributed by atoms with Crippen LogP contribution in [0.4, 0.5) is 0 Å². The summed E-state index contributed by atoms with van der Waals surface area (Å²) < 4.78 is 0. The number of fused-ring (bicyclic) bond motifs is 1. The number of pyridine rings is 1. The van der Waals surface area contributed by atoms with E-state index in [0.717, 1.165) is 73.5 Å². The van der Waals surface area contributed by atoms with Crippen LogP contribution in [-0.4, -0.2) is 70.2 Å². The Morgan fingerprint density at radius 1 is 1.05 bits per heavy atom. The van der Waals surface area contributed by atoms with Crippen molar-refractivity contribution in [1.29, 1.82) is 0 Å². The number of benzene rings is 1. The highest BCUT2D eigenvalue weighted by molar-refractivity contribution is 5.95. The summed E-state index contributed by atoms with van der Waals surface area (Å²) in [6, 6.07) is 11.7. The van der Waals surface area contributed by atoms with Gasteiger partial charge in [-0.05, 0) is 80.7 Å². The average molecular weight is 522 g/mol. The number of hydrogen-bond donors (Lipinski definition) is 0. The molecule has 1 saturated heterocycles. The molecule has 2 aliphatic rings. The van der Waals surface area contributed by atoms with Gasteiger partial charge in [0.2, 0.25) is 0 Å². The molecule has 0 bridgehead atoms. The highest BCUT2D eigenvalue weighted by atomic mass is 16.2. The van der Waals surface area contributed by atoms with Gasteiger partial charge < -0.3 is 9.80 Å². The minimum Gasteiger partial charge on any atom is -0.339 e. The van der Waals surface area contributed by atoms with Crippen LogP contribution in [0.15, 0.2) is 67.2 Å². The van der Waals surface area contributed by atoms with Gasteiger partial charge in [-0.3, -0.25) is 14.6 Å². The topological polar surface area (TPSA) is 79.3 Å². The Labute approximate surface area is 230 Å². The number of likely N-dealkylation sites (N-methyl/N-ethyl adjacent to an activating group) is 1. The molecule has 0 N–H and O–H groups in total. The van der Waals surface area contributed by atoms with Gasteiger partial charge in [-0.2, -0.15) is 0 Å². The van der Waals surface area contributed by atoms with Crippen molar-refractivity contribution in [3.63, 3.8) is 0 Å². The summed E-state index contributed by atoms with van der Waals surface area (Å²) >= 11 is 0. The molecule has 0 atom stereocenters. The number of carbonyl (C=O) groups is 2. The molecule has 7 heteroatoms. The molecule has 1 aliphatic heterocycles. The van der Waals surface area contributed by atoms with E-state index in [1.807, 2.05) is 60.4 Å². The number of ketones is 1. The molecule has 2 aromatic heterocycles. The van der Waals surface area contributed by atoms with E-state index in [1.165, 1.54) is 5.56 Å². The summed E-state index contributed by atoms with van der Waals surface area (Å²) in [5.74, 6) is 0.599. The minimum atomic E-state index is 0.0553. The van der Waals surface area contributed by atoms with Crippen molar-refractivity contribution in [2.75, 3.05) is 33.7 Å². The first-order valence-electron chi connectivity index (χ1n) is 13.6. The first-order valence-corrected chi connectivity index (χ1v) is 13.6. The maximum Gasteiger partial charge on any atom is 0.253 e. The van der Waals surface area contributed by atoms with E-state index in [1.54, 1.807) is 12.4 Å². The first-order chi connectivity index (χ1) is 18.9. The number of rotatable bonds is 9. The van der Waals surface area contributed by atoms with Gasteiger partial charge >= 0.3 is 0 Å². The lowest BCUT2D eigenvalue weighted by atomic mass is 9.91. The van der Waals surface area contributed by atoms with Crippen molar-refractivity contribution < 1.29 is 9.59 Å². The number of nitrogens with zero attached hydrogens (tertiary/aromatic N) is 5. The number of allylic oxidation sites excluding steroid dienone is 2. The molecule has 3 aromatic rings. The summed E-state index contributed by atoms with van der Waals surface area (Å²) in [6.07, 6.45) is 15.3. The molecule has 1 amide bonds. The maximum atomic E-state index is 13.1. The molecule has 1 aromatic carbocycles. The van der Waals surface area contributed by atoms with Gasteiger partial charge in [-0.1, -0.05) is 30.4 Å². The van der Waals surface area contributed by atoms with Crippen LogP contribution in [0.25, 0.3) is 17.3 Å². The Balaban J connectivity index is 1.12. The fourth-order valence-corrected chi connectivity index (χ4v) is 5.17. The molecule has 39 heavy (non-hydrogen) atoms. The lowest BCUT2D eigenvalue weighted by Crippen LogP contribution is -2.39. The van der Waals surface area contributed by atoms with Gasteiger partial charge in [0, 0.05) is 55.5 Å². The van der Waals surface area contributed by atoms with Crippen LogP contribution < -0.4 is 0 Å². The molecule has 200 valence electrons. The third-order valence-electron chi connectivity index (χ3n) is 7.38. The van der Waals surface area contributed by atoms with Gasteiger partial charge in [0.05, 0.1) is 11.4 Å². The fourth-order valence-electron chi connectivity index (χ4n) is 5.17. The average Bonchev–Trinajstić information content (AvgIpc) is 3.42. The molecule has 1 aliphatic carbocycles. The molecule has 5 rings (SSSR count). The molecule has 0 unspecified atom stereocenters. The van der Waals surface area contributed by atoms with E-state index in [9.17, 15) is 9.59 Å². The Hall–Kier alpha value is -3.97. The van der Waals surface area contributed by atoms with Crippen LogP contribution >= 0.6 is 0 Å². The summed E-state index contributed by atoms with van der Waals surface area (Å²) in [5, 5.41) is 0. The van der Waals surface area contributed by atoms with Gasteiger partial charge in [0.1, 0.15) is 6.33 Å². The number of piperidine rings is 1. The van der Waals surface area contributed by atoms with Crippen molar-refractivity contribution in [3.05, 3.63) is 95.2 Å². The standard InChI is InChI=1S/C32H35N5O2/c1-36(2)14-4-6-29(38)18-23-8-10-25(11-9-23)32(39)37-15-12-24(13-16-37)17-28-20-31(35-22-34-28)27-19-26-5-3-7-30(26)33-21-27/h3-6,8-11,19-22,24H,7,12-18H2,1-2H3/b6-4+. The lowest BCUT2D eigenvalue weighted by molar-refractivity contribution is -0.114. The second kappa shape index (κ2) is 12.3. The van der Waals surface area contributed by atoms with E-state index in [-0.39, 0.29) is 11.7 Å². The number of likely N-dealkylation sites (tertiary alicyclic amines) is 1. The highest BCUT2D eigenvalue weighted by Crippen LogP contribution is 2.26. The van der Waals surface area contributed by atoms with E-state index in [0.29, 0.717) is 17.9 Å². The zero-order valence-electron chi connectivity index (χ0n) is 22.7. The van der Waals surface area contributed by atoms with E-state index >= 15 is 0 Å². The van der Waals surface area contributed by atoms with Crippen LogP contribution in [0.1, 0.15) is 45.7 Å². The largest absolute Gasteiger partial charge is 0.339 e. The quantitative estimate of drug-likeness (QED) is 0.388. The fraction of sp³-hybridized carbons (Fsp3) is 0.344. The molecule has 0 spiro atoms. The van der Waals surface area contributed by atoms with Crippen LogP contribution in [0.3, 0.4) is 0 Å². The predicted molar refractivity (Wildman–Crippen MR) is 153 cm³/mol. The second-order valence-corrected chi connectivity index (χ2v) is 10.7. The molecule has 3 heterocycles. The van der Waals surface area contributed by atoms with E-state index < -0.39 is 0 Å². The van der Waals surface area contributed by atoms with E-state index in [2.05, 4.69) is 39.2 Å². The Morgan fingerprint density at radius 3 is 2.62 bits per heavy atom. The molecule has 0 radical (unpaired) electrons. The summed E-state index contributed by atoms with van der Waals surface area (Å²) in [7, 11) is 3.93. The first kappa shape index (κ1) is 26.6. The maximum absolute atomic E-state index is 13.1. The van der Waals surface area contributed by atoms with E-state index in [4.69, 9.17) is 0 Å². The SMILES string of the molecule is CN(C)C/C=C/C(=O)Cc1ccc(C(=O)N2CCC(Cc3cc(-c4cnc5c(c4)C=CC5)ncn3)CC2)cc1. The predicted octanol–water partition coefficient (Wildman–Crippen LogP) is 4.43. The van der Waals surface area contributed by atoms with Crippen LogP contribution in [-0.2, 0) is 24.1 Å². The molecule has 7 nitrogen and oxygen atoms in total. The molecular weight excluding hydrogens is 486 g/mol. The van der Waals surface area contributed by atoms with Crippen molar-refractivity contribution in [2.24, 2.45) is 5.92 Å². The minimum absolute atomic E-state index is 0.0553. The highest BCUT2D eigenvalue weighted by Gasteiger charge is 2.24. The number of amides is 1. The van der Waals surface area contributed by atoms with Crippen molar-refractivity contribution in [3.8, 4) is 11.3 Å². The van der Waals surface area contributed by atoms with Gasteiger partial charge in [0.25, 0.3) is 5.91 Å². The van der Waals surface area contributed by atoms with Crippen molar-refractivity contribution >= 4 is 17.8 Å². The number of hydrogen-bond acceptors (Lipinski definition) is 6.